The van der Waals surface area contributed by atoms with Crippen molar-refractivity contribution in [3.8, 4) is 28.8 Å². The molecule has 0 aliphatic heterocycles. The SMILES string of the molecule is COc1ccc(C(C)(C)O)nc1-c1ccc(C(F)(F)F)cc1CN(Cc1cc(C#N)cc(C(F)(F)F)c1)c1ncc(OCCCC(=O)O)cn1. The summed E-state index contributed by atoms with van der Waals surface area (Å²) in [6, 6.07) is 10.3. The average molecular weight is 704 g/mol. The van der Waals surface area contributed by atoms with Crippen molar-refractivity contribution in [2.75, 3.05) is 18.6 Å². The van der Waals surface area contributed by atoms with Crippen LogP contribution in [-0.2, 0) is 35.8 Å². The summed E-state index contributed by atoms with van der Waals surface area (Å²) in [6.07, 6.45) is -7.08. The molecule has 0 saturated carbocycles. The number of methoxy groups -OCH3 is 1. The van der Waals surface area contributed by atoms with E-state index in [1.54, 1.807) is 6.07 Å². The van der Waals surface area contributed by atoms with Gasteiger partial charge in [-0.15, -0.1) is 0 Å². The molecule has 0 saturated heterocycles. The third-order valence-corrected chi connectivity index (χ3v) is 7.28. The fraction of sp³-hybridized carbons (Fsp3) is 0.324. The second-order valence-corrected chi connectivity index (χ2v) is 11.6. The molecule has 0 aliphatic carbocycles. The van der Waals surface area contributed by atoms with E-state index in [2.05, 4.69) is 15.0 Å². The van der Waals surface area contributed by atoms with Crippen LogP contribution < -0.4 is 14.4 Å². The molecule has 2 aromatic carbocycles. The van der Waals surface area contributed by atoms with Crippen molar-refractivity contribution >= 4 is 11.9 Å². The highest BCUT2D eigenvalue weighted by Gasteiger charge is 2.33. The number of nitrogens with zero attached hydrogens (tertiary/aromatic N) is 5. The number of aliphatic carboxylic acids is 1. The fourth-order valence-corrected chi connectivity index (χ4v) is 4.87. The van der Waals surface area contributed by atoms with E-state index < -0.39 is 41.6 Å². The number of ether oxygens (including phenoxy) is 2. The summed E-state index contributed by atoms with van der Waals surface area (Å²) in [7, 11) is 1.33. The number of aliphatic hydroxyl groups is 1. The number of hydrogen-bond donors (Lipinski definition) is 2. The van der Waals surface area contributed by atoms with Gasteiger partial charge in [-0.25, -0.2) is 15.0 Å². The maximum atomic E-state index is 14.0. The van der Waals surface area contributed by atoms with Crippen molar-refractivity contribution in [2.45, 2.75) is 57.7 Å². The molecular formula is C34H31F6N5O5. The maximum absolute atomic E-state index is 14.0. The standard InChI is InChI=1S/C34H31F6N5O5/c1-32(2,48)28-9-8-27(49-3)30(44-28)26-7-6-23(33(35,36)37)14-22(26)19-45(18-21-11-20(15-41)12-24(13-21)34(38,39)40)31-42-16-25(17-43-31)50-10-4-5-29(46)47/h6-9,11-14,16-17,48H,4-5,10,18-19H2,1-3H3,(H,46,47). The summed E-state index contributed by atoms with van der Waals surface area (Å²) in [5, 5.41) is 28.9. The van der Waals surface area contributed by atoms with Gasteiger partial charge in [-0.05, 0) is 73.9 Å². The van der Waals surface area contributed by atoms with Crippen LogP contribution in [0.25, 0.3) is 11.3 Å². The lowest BCUT2D eigenvalue weighted by Gasteiger charge is -2.26. The Bertz CT molecular complexity index is 1870. The number of rotatable bonds is 13. The third kappa shape index (κ3) is 9.59. The number of alkyl halides is 6. The number of carbonyl (C=O) groups is 1. The van der Waals surface area contributed by atoms with E-state index in [4.69, 9.17) is 14.6 Å². The second kappa shape index (κ2) is 15.0. The van der Waals surface area contributed by atoms with E-state index in [0.717, 1.165) is 18.2 Å². The van der Waals surface area contributed by atoms with Gasteiger partial charge in [-0.1, -0.05) is 6.07 Å². The van der Waals surface area contributed by atoms with Gasteiger partial charge in [0.1, 0.15) is 17.0 Å². The summed E-state index contributed by atoms with van der Waals surface area (Å²) >= 11 is 0. The fourth-order valence-electron chi connectivity index (χ4n) is 4.87. The lowest BCUT2D eigenvalue weighted by molar-refractivity contribution is -0.138. The highest BCUT2D eigenvalue weighted by atomic mass is 19.4. The molecule has 2 aromatic heterocycles. The Morgan fingerprint density at radius 2 is 1.62 bits per heavy atom. The first-order valence-electron chi connectivity index (χ1n) is 14.9. The minimum absolute atomic E-state index is 0.00333. The van der Waals surface area contributed by atoms with E-state index in [1.165, 1.54) is 62.5 Å². The molecule has 10 nitrogen and oxygen atoms in total. The first-order valence-corrected chi connectivity index (χ1v) is 14.9. The van der Waals surface area contributed by atoms with E-state index in [-0.39, 0.29) is 77.1 Å². The van der Waals surface area contributed by atoms with Crippen LogP contribution in [0, 0.1) is 11.3 Å². The maximum Gasteiger partial charge on any atom is 0.416 e. The van der Waals surface area contributed by atoms with Crippen molar-refractivity contribution in [2.24, 2.45) is 0 Å². The zero-order valence-corrected chi connectivity index (χ0v) is 26.9. The van der Waals surface area contributed by atoms with Crippen LogP contribution in [0.5, 0.6) is 11.5 Å². The van der Waals surface area contributed by atoms with Crippen molar-refractivity contribution in [1.82, 2.24) is 15.0 Å². The number of benzene rings is 2. The van der Waals surface area contributed by atoms with E-state index in [0.29, 0.717) is 6.07 Å². The molecule has 0 unspecified atom stereocenters. The smallest absolute Gasteiger partial charge is 0.416 e. The summed E-state index contributed by atoms with van der Waals surface area (Å²) < 4.78 is 94.3. The van der Waals surface area contributed by atoms with Crippen LogP contribution in [0.4, 0.5) is 32.3 Å². The predicted molar refractivity (Wildman–Crippen MR) is 167 cm³/mol. The number of halogens is 6. The molecule has 50 heavy (non-hydrogen) atoms. The minimum atomic E-state index is -4.80. The Hall–Kier alpha value is -5.43. The normalized spacial score (nSPS) is 11.9. The van der Waals surface area contributed by atoms with Crippen LogP contribution in [0.3, 0.4) is 0 Å². The van der Waals surface area contributed by atoms with Crippen molar-refractivity contribution in [1.29, 1.82) is 5.26 Å². The third-order valence-electron chi connectivity index (χ3n) is 7.28. The molecular weight excluding hydrogens is 672 g/mol. The summed E-state index contributed by atoms with van der Waals surface area (Å²) in [5.41, 5.74) is -3.43. The van der Waals surface area contributed by atoms with Gasteiger partial charge in [0.25, 0.3) is 0 Å². The van der Waals surface area contributed by atoms with Gasteiger partial charge < -0.3 is 24.6 Å². The molecule has 0 spiro atoms. The van der Waals surface area contributed by atoms with Gasteiger partial charge >= 0.3 is 18.3 Å². The van der Waals surface area contributed by atoms with E-state index in [9.17, 15) is 41.5 Å². The number of anilines is 1. The number of pyridine rings is 1. The Morgan fingerprint density at radius 3 is 2.20 bits per heavy atom. The van der Waals surface area contributed by atoms with Gasteiger partial charge in [0.15, 0.2) is 5.75 Å². The number of carboxylic acid groups (broad SMARTS) is 1. The van der Waals surface area contributed by atoms with Gasteiger partial charge in [-0.3, -0.25) is 4.79 Å². The number of nitriles is 1. The quantitative estimate of drug-likeness (QED) is 0.109. The average Bonchev–Trinajstić information content (AvgIpc) is 3.05. The highest BCUT2D eigenvalue weighted by molar-refractivity contribution is 5.71. The zero-order chi connectivity index (χ0) is 36.9. The Morgan fingerprint density at radius 1 is 0.940 bits per heavy atom. The van der Waals surface area contributed by atoms with Crippen molar-refractivity contribution in [3.63, 3.8) is 0 Å². The van der Waals surface area contributed by atoms with Gasteiger partial charge in [-0.2, -0.15) is 31.6 Å². The molecule has 0 amide bonds. The van der Waals surface area contributed by atoms with Gasteiger partial charge in [0.05, 0.1) is 54.6 Å². The lowest BCUT2D eigenvalue weighted by Crippen LogP contribution is -2.25. The Labute approximate surface area is 282 Å². The molecule has 0 aliphatic rings. The molecule has 0 bridgehead atoms. The van der Waals surface area contributed by atoms with Gasteiger partial charge in [0, 0.05) is 25.1 Å². The first kappa shape index (κ1) is 37.4. The Kier molecular flexibility index (Phi) is 11.2. The Balaban J connectivity index is 1.86. The van der Waals surface area contributed by atoms with Crippen LogP contribution in [0.1, 0.15) is 60.2 Å². The number of hydrogen-bond acceptors (Lipinski definition) is 9. The molecule has 2 heterocycles. The number of carboxylic acids is 1. The highest BCUT2D eigenvalue weighted by Crippen LogP contribution is 2.38. The van der Waals surface area contributed by atoms with Crippen LogP contribution in [0.2, 0.25) is 0 Å². The zero-order valence-electron chi connectivity index (χ0n) is 26.9. The lowest BCUT2D eigenvalue weighted by atomic mass is 9.97. The molecule has 4 aromatic rings. The monoisotopic (exact) mass is 703 g/mol. The van der Waals surface area contributed by atoms with Crippen molar-refractivity contribution in [3.05, 3.63) is 94.4 Å². The summed E-state index contributed by atoms with van der Waals surface area (Å²) in [6.45, 7) is 2.17. The van der Waals surface area contributed by atoms with E-state index >= 15 is 0 Å². The first-order chi connectivity index (χ1) is 23.4. The van der Waals surface area contributed by atoms with Crippen LogP contribution >= 0.6 is 0 Å². The molecule has 0 radical (unpaired) electrons. The van der Waals surface area contributed by atoms with Crippen molar-refractivity contribution < 1.29 is 50.8 Å². The molecule has 0 fully saturated rings. The summed E-state index contributed by atoms with van der Waals surface area (Å²) in [4.78, 5) is 25.1. The van der Waals surface area contributed by atoms with Crippen LogP contribution in [-0.4, -0.2) is 44.9 Å². The molecule has 16 heteroatoms. The van der Waals surface area contributed by atoms with Gasteiger partial charge in [0.2, 0.25) is 5.95 Å². The van der Waals surface area contributed by atoms with Crippen LogP contribution in [0.15, 0.2) is 60.9 Å². The second-order valence-electron chi connectivity index (χ2n) is 11.6. The summed E-state index contributed by atoms with van der Waals surface area (Å²) in [5.74, 6) is -0.823. The number of aromatic nitrogens is 3. The molecule has 4 rings (SSSR count). The molecule has 0 atom stereocenters. The largest absolute Gasteiger partial charge is 0.494 e. The topological polar surface area (TPSA) is 142 Å². The predicted octanol–water partition coefficient (Wildman–Crippen LogP) is 7.13. The molecule has 2 N–H and O–H groups in total. The molecule has 264 valence electrons. The van der Waals surface area contributed by atoms with E-state index in [1.807, 2.05) is 0 Å². The minimum Gasteiger partial charge on any atom is -0.494 e.